The van der Waals surface area contributed by atoms with E-state index in [1.807, 2.05) is 0 Å². The van der Waals surface area contributed by atoms with Gasteiger partial charge >= 0.3 is 5.97 Å². The number of hydrogen-bond donors (Lipinski definition) is 2. The lowest BCUT2D eigenvalue weighted by atomic mass is 10.1. The van der Waals surface area contributed by atoms with E-state index in [1.165, 1.54) is 18.2 Å². The molecule has 0 radical (unpaired) electrons. The summed E-state index contributed by atoms with van der Waals surface area (Å²) in [4.78, 5) is 10.8. The zero-order valence-electron chi connectivity index (χ0n) is 9.99. The molecule has 0 spiro atoms. The van der Waals surface area contributed by atoms with E-state index in [2.05, 4.69) is 5.32 Å². The van der Waals surface area contributed by atoms with E-state index in [9.17, 15) is 9.18 Å². The zero-order valence-corrected chi connectivity index (χ0v) is 9.99. The first-order valence-corrected chi connectivity index (χ1v) is 5.99. The number of halogens is 1. The van der Waals surface area contributed by atoms with Crippen molar-refractivity contribution in [3.05, 3.63) is 35.1 Å². The van der Waals surface area contributed by atoms with Gasteiger partial charge in [-0.25, -0.2) is 9.18 Å². The van der Waals surface area contributed by atoms with Crippen LogP contribution in [0.25, 0.3) is 0 Å². The highest BCUT2D eigenvalue weighted by atomic mass is 19.1. The Morgan fingerprint density at radius 1 is 1.56 bits per heavy atom. The second-order valence-electron chi connectivity index (χ2n) is 4.41. The van der Waals surface area contributed by atoms with Gasteiger partial charge in [0.05, 0.1) is 12.2 Å². The summed E-state index contributed by atoms with van der Waals surface area (Å²) < 4.78 is 18.8. The third kappa shape index (κ3) is 3.27. The summed E-state index contributed by atoms with van der Waals surface area (Å²) in [5.41, 5.74) is 0.480. The minimum atomic E-state index is -1.04. The summed E-state index contributed by atoms with van der Waals surface area (Å²) in [6, 6.07) is 4.04. The van der Waals surface area contributed by atoms with Crippen LogP contribution in [0.5, 0.6) is 0 Å². The standard InChI is InChI=1S/C13H16FNO3/c14-12-4-3-9(13(16)17)6-10(12)7-15-11-2-1-5-18-8-11/h3-4,6,11,15H,1-2,5,7-8H2,(H,16,17). The minimum absolute atomic E-state index is 0.105. The van der Waals surface area contributed by atoms with Crippen LogP contribution in [0.4, 0.5) is 4.39 Å². The summed E-state index contributed by atoms with van der Waals surface area (Å²) >= 11 is 0. The highest BCUT2D eigenvalue weighted by molar-refractivity contribution is 5.87. The largest absolute Gasteiger partial charge is 0.478 e. The van der Waals surface area contributed by atoms with Gasteiger partial charge in [0.2, 0.25) is 0 Å². The first kappa shape index (κ1) is 13.0. The van der Waals surface area contributed by atoms with Crippen LogP contribution < -0.4 is 5.32 Å². The summed E-state index contributed by atoms with van der Waals surface area (Å²) in [6.45, 7) is 1.72. The maximum Gasteiger partial charge on any atom is 0.335 e. The van der Waals surface area contributed by atoms with E-state index in [-0.39, 0.29) is 17.4 Å². The topological polar surface area (TPSA) is 58.6 Å². The Morgan fingerprint density at radius 3 is 3.06 bits per heavy atom. The molecule has 1 aromatic carbocycles. The molecule has 1 aliphatic rings. The predicted molar refractivity (Wildman–Crippen MR) is 64.0 cm³/mol. The fourth-order valence-electron chi connectivity index (χ4n) is 2.00. The molecule has 2 rings (SSSR count). The number of benzene rings is 1. The Hall–Kier alpha value is -1.46. The highest BCUT2D eigenvalue weighted by Gasteiger charge is 2.14. The Morgan fingerprint density at radius 2 is 2.39 bits per heavy atom. The molecule has 1 atom stereocenters. The highest BCUT2D eigenvalue weighted by Crippen LogP contribution is 2.12. The molecule has 5 heteroatoms. The molecule has 0 bridgehead atoms. The van der Waals surface area contributed by atoms with Gasteiger partial charge in [0.1, 0.15) is 5.82 Å². The molecular formula is C13H16FNO3. The number of rotatable bonds is 4. The fourth-order valence-corrected chi connectivity index (χ4v) is 2.00. The van der Waals surface area contributed by atoms with Crippen LogP contribution in [0.15, 0.2) is 18.2 Å². The fraction of sp³-hybridized carbons (Fsp3) is 0.462. The van der Waals surface area contributed by atoms with Crippen molar-refractivity contribution >= 4 is 5.97 Å². The first-order valence-electron chi connectivity index (χ1n) is 5.99. The van der Waals surface area contributed by atoms with Crippen LogP contribution in [-0.4, -0.2) is 30.3 Å². The average Bonchev–Trinajstić information content (AvgIpc) is 2.38. The lowest BCUT2D eigenvalue weighted by molar-refractivity contribution is 0.0691. The van der Waals surface area contributed by atoms with Crippen molar-refractivity contribution < 1.29 is 19.0 Å². The Labute approximate surface area is 105 Å². The van der Waals surface area contributed by atoms with Crippen LogP contribution in [0, 0.1) is 5.82 Å². The molecule has 4 nitrogen and oxygen atoms in total. The van der Waals surface area contributed by atoms with Crippen molar-refractivity contribution in [2.75, 3.05) is 13.2 Å². The van der Waals surface area contributed by atoms with Gasteiger partial charge in [0.15, 0.2) is 0 Å². The number of aromatic carboxylic acids is 1. The van der Waals surface area contributed by atoms with Crippen LogP contribution >= 0.6 is 0 Å². The van der Waals surface area contributed by atoms with E-state index in [1.54, 1.807) is 0 Å². The van der Waals surface area contributed by atoms with Gasteiger partial charge < -0.3 is 15.2 Å². The minimum Gasteiger partial charge on any atom is -0.478 e. The van der Waals surface area contributed by atoms with Crippen molar-refractivity contribution in [1.29, 1.82) is 0 Å². The molecule has 2 N–H and O–H groups in total. The molecule has 18 heavy (non-hydrogen) atoms. The lowest BCUT2D eigenvalue weighted by Crippen LogP contribution is -2.36. The van der Waals surface area contributed by atoms with Gasteiger partial charge in [0, 0.05) is 24.8 Å². The third-order valence-electron chi connectivity index (χ3n) is 3.03. The van der Waals surface area contributed by atoms with Gasteiger partial charge in [-0.1, -0.05) is 0 Å². The SMILES string of the molecule is O=C(O)c1ccc(F)c(CNC2CCCOC2)c1. The molecule has 1 fully saturated rings. The molecule has 0 saturated carbocycles. The maximum absolute atomic E-state index is 13.5. The van der Waals surface area contributed by atoms with E-state index in [4.69, 9.17) is 9.84 Å². The predicted octanol–water partition coefficient (Wildman–Crippen LogP) is 1.79. The second kappa shape index (κ2) is 5.93. The number of carboxylic acid groups (broad SMARTS) is 1. The Kier molecular flexibility index (Phi) is 4.28. The van der Waals surface area contributed by atoms with Crippen molar-refractivity contribution in [1.82, 2.24) is 5.32 Å². The van der Waals surface area contributed by atoms with Gasteiger partial charge in [-0.2, -0.15) is 0 Å². The number of carboxylic acids is 1. The second-order valence-corrected chi connectivity index (χ2v) is 4.41. The van der Waals surface area contributed by atoms with Crippen molar-refractivity contribution in [3.63, 3.8) is 0 Å². The summed E-state index contributed by atoms with van der Waals surface area (Å²) in [7, 11) is 0. The third-order valence-corrected chi connectivity index (χ3v) is 3.03. The summed E-state index contributed by atoms with van der Waals surface area (Å²) in [5.74, 6) is -1.43. The summed E-state index contributed by atoms with van der Waals surface area (Å²) in [6.07, 6.45) is 2.00. The van der Waals surface area contributed by atoms with Crippen molar-refractivity contribution in [2.24, 2.45) is 0 Å². The molecule has 98 valence electrons. The van der Waals surface area contributed by atoms with Gasteiger partial charge in [-0.15, -0.1) is 0 Å². The maximum atomic E-state index is 13.5. The van der Waals surface area contributed by atoms with Crippen LogP contribution in [0.3, 0.4) is 0 Å². The van der Waals surface area contributed by atoms with E-state index in [0.29, 0.717) is 18.7 Å². The van der Waals surface area contributed by atoms with Crippen molar-refractivity contribution in [3.8, 4) is 0 Å². The summed E-state index contributed by atoms with van der Waals surface area (Å²) in [5, 5.41) is 12.0. The molecule has 0 aromatic heterocycles. The monoisotopic (exact) mass is 253 g/mol. The number of hydrogen-bond acceptors (Lipinski definition) is 3. The molecule has 1 aromatic rings. The molecule has 1 aliphatic heterocycles. The van der Waals surface area contributed by atoms with E-state index >= 15 is 0 Å². The normalized spacial score (nSPS) is 19.7. The lowest BCUT2D eigenvalue weighted by Gasteiger charge is -2.23. The molecule has 1 unspecified atom stereocenters. The van der Waals surface area contributed by atoms with E-state index in [0.717, 1.165) is 19.4 Å². The number of ether oxygens (including phenoxy) is 1. The molecular weight excluding hydrogens is 237 g/mol. The molecule has 1 saturated heterocycles. The zero-order chi connectivity index (χ0) is 13.0. The number of carbonyl (C=O) groups is 1. The van der Waals surface area contributed by atoms with E-state index < -0.39 is 5.97 Å². The Bertz CT molecular complexity index is 430. The Balaban J connectivity index is 1.99. The molecule has 0 amide bonds. The van der Waals surface area contributed by atoms with Crippen LogP contribution in [-0.2, 0) is 11.3 Å². The number of nitrogens with one attached hydrogen (secondary N) is 1. The van der Waals surface area contributed by atoms with Crippen LogP contribution in [0.2, 0.25) is 0 Å². The first-order chi connectivity index (χ1) is 8.66. The van der Waals surface area contributed by atoms with Gasteiger partial charge in [0.25, 0.3) is 0 Å². The average molecular weight is 253 g/mol. The van der Waals surface area contributed by atoms with Crippen molar-refractivity contribution in [2.45, 2.75) is 25.4 Å². The smallest absolute Gasteiger partial charge is 0.335 e. The van der Waals surface area contributed by atoms with Gasteiger partial charge in [-0.05, 0) is 31.0 Å². The molecule has 0 aliphatic carbocycles. The van der Waals surface area contributed by atoms with Crippen LogP contribution in [0.1, 0.15) is 28.8 Å². The quantitative estimate of drug-likeness (QED) is 0.859. The molecule has 1 heterocycles. The van der Waals surface area contributed by atoms with Gasteiger partial charge in [-0.3, -0.25) is 0 Å².